The van der Waals surface area contributed by atoms with E-state index in [0.29, 0.717) is 22.1 Å². The Morgan fingerprint density at radius 1 is 1.00 bits per heavy atom. The molecule has 0 amide bonds. The average Bonchev–Trinajstić information content (AvgIpc) is 2.38. The molecule has 0 aliphatic heterocycles. The number of rotatable bonds is 0. The minimum atomic E-state index is 0.328. The van der Waals surface area contributed by atoms with Gasteiger partial charge in [-0.25, -0.2) is 0 Å². The van der Waals surface area contributed by atoms with Crippen LogP contribution in [0.2, 0.25) is 5.82 Å². The maximum absolute atomic E-state index is 6.35. The van der Waals surface area contributed by atoms with Gasteiger partial charge < -0.3 is 0 Å². The van der Waals surface area contributed by atoms with Gasteiger partial charge in [0.2, 0.25) is 0 Å². The lowest BCUT2D eigenvalue weighted by atomic mass is 9.60. The highest BCUT2D eigenvalue weighted by Gasteiger charge is 2.78. The molecule has 2 rings (SSSR count). The van der Waals surface area contributed by atoms with Crippen LogP contribution < -0.4 is 0 Å². The minimum Gasteiger partial charge on any atom is -0.0682 e. The fraction of sp³-hybridized carbons (Fsp3) is 1.00. The molecule has 2 aliphatic carbocycles. The van der Waals surface area contributed by atoms with E-state index in [-0.39, 0.29) is 0 Å². The number of fused-ring (bicyclic) bond motifs is 1. The first-order chi connectivity index (χ1) is 5.68. The van der Waals surface area contributed by atoms with E-state index < -0.39 is 0 Å². The highest BCUT2D eigenvalue weighted by atomic mass is 14.8. The molecule has 1 heteroatoms. The summed E-state index contributed by atoms with van der Waals surface area (Å²) in [6, 6.07) is 0. The predicted molar refractivity (Wildman–Crippen MR) is 57.8 cm³/mol. The molecule has 13 heavy (non-hydrogen) atoms. The quantitative estimate of drug-likeness (QED) is 0.497. The van der Waals surface area contributed by atoms with Crippen molar-refractivity contribution >= 4 is 7.85 Å². The summed E-state index contributed by atoms with van der Waals surface area (Å²) in [4.78, 5) is 0. The zero-order valence-corrected chi connectivity index (χ0v) is 9.81. The van der Waals surface area contributed by atoms with Crippen molar-refractivity contribution in [3.63, 3.8) is 0 Å². The Labute approximate surface area is 83.9 Å². The first kappa shape index (κ1) is 9.61. The van der Waals surface area contributed by atoms with E-state index in [9.17, 15) is 0 Å². The number of hydrogen-bond donors (Lipinski definition) is 0. The predicted octanol–water partition coefficient (Wildman–Crippen LogP) is 3.28. The first-order valence-corrected chi connectivity index (χ1v) is 5.44. The molecule has 0 aromatic rings. The van der Waals surface area contributed by atoms with Crippen molar-refractivity contribution in [2.45, 2.75) is 47.4 Å². The fourth-order valence-electron chi connectivity index (χ4n) is 4.20. The van der Waals surface area contributed by atoms with Crippen molar-refractivity contribution < 1.29 is 0 Å². The molecule has 0 nitrogen and oxygen atoms in total. The van der Waals surface area contributed by atoms with E-state index in [1.165, 1.54) is 0 Å². The fourth-order valence-corrected chi connectivity index (χ4v) is 4.20. The van der Waals surface area contributed by atoms with Gasteiger partial charge in [0.25, 0.3) is 0 Å². The van der Waals surface area contributed by atoms with Crippen LogP contribution in [0.1, 0.15) is 41.5 Å². The highest BCUT2D eigenvalue weighted by molar-refractivity contribution is 6.13. The molecule has 0 aromatic carbocycles. The molecule has 2 radical (unpaired) electrons. The molecule has 72 valence electrons. The Kier molecular flexibility index (Phi) is 1.49. The number of hydrogen-bond acceptors (Lipinski definition) is 0. The normalized spacial score (nSPS) is 56.0. The van der Waals surface area contributed by atoms with E-state index in [1.807, 2.05) is 0 Å². The van der Waals surface area contributed by atoms with Crippen LogP contribution in [0.5, 0.6) is 0 Å². The van der Waals surface area contributed by atoms with Crippen LogP contribution >= 0.6 is 0 Å². The van der Waals surface area contributed by atoms with E-state index in [4.69, 9.17) is 7.85 Å². The lowest BCUT2D eigenvalue weighted by molar-refractivity contribution is 0.146. The Balaban J connectivity index is 2.40. The van der Waals surface area contributed by atoms with Gasteiger partial charge in [0.1, 0.15) is 0 Å². The standard InChI is InChI=1S/C12H21B/c1-7-10(2,3)9(13)8-11(4,5)12(7,8)6/h7-9H,1-6H3. The molecular formula is C12H21B. The van der Waals surface area contributed by atoms with Crippen molar-refractivity contribution in [2.24, 2.45) is 28.1 Å². The molecular weight excluding hydrogens is 155 g/mol. The molecule has 0 spiro atoms. The van der Waals surface area contributed by atoms with Crippen LogP contribution in [0.3, 0.4) is 0 Å². The van der Waals surface area contributed by atoms with Crippen LogP contribution in [-0.4, -0.2) is 7.85 Å². The minimum absolute atomic E-state index is 0.328. The molecule has 4 atom stereocenters. The summed E-state index contributed by atoms with van der Waals surface area (Å²) < 4.78 is 0. The Morgan fingerprint density at radius 3 is 1.69 bits per heavy atom. The van der Waals surface area contributed by atoms with Gasteiger partial charge in [-0.3, -0.25) is 0 Å². The molecule has 2 aliphatic rings. The largest absolute Gasteiger partial charge is 0.0711 e. The van der Waals surface area contributed by atoms with Gasteiger partial charge in [-0.2, -0.15) is 0 Å². The molecule has 4 unspecified atom stereocenters. The molecule has 0 saturated heterocycles. The summed E-state index contributed by atoms with van der Waals surface area (Å²) >= 11 is 0. The van der Waals surface area contributed by atoms with Crippen molar-refractivity contribution in [1.29, 1.82) is 0 Å². The van der Waals surface area contributed by atoms with Gasteiger partial charge in [0.05, 0.1) is 7.85 Å². The first-order valence-electron chi connectivity index (χ1n) is 5.44. The van der Waals surface area contributed by atoms with Gasteiger partial charge >= 0.3 is 0 Å². The second-order valence-electron chi connectivity index (χ2n) is 6.55. The molecule has 0 bridgehead atoms. The van der Waals surface area contributed by atoms with Gasteiger partial charge in [-0.1, -0.05) is 47.4 Å². The van der Waals surface area contributed by atoms with Gasteiger partial charge in [-0.05, 0) is 28.1 Å². The smallest absolute Gasteiger partial charge is 0.0682 e. The summed E-state index contributed by atoms with van der Waals surface area (Å²) in [5, 5.41) is 0. The van der Waals surface area contributed by atoms with Crippen LogP contribution in [-0.2, 0) is 0 Å². The second kappa shape index (κ2) is 2.02. The summed E-state index contributed by atoms with van der Waals surface area (Å²) in [5.74, 6) is 1.88. The van der Waals surface area contributed by atoms with Crippen LogP contribution in [0.25, 0.3) is 0 Å². The Hall–Kier alpha value is 0.0649. The lowest BCUT2D eigenvalue weighted by Crippen LogP contribution is -2.30. The van der Waals surface area contributed by atoms with E-state index in [0.717, 1.165) is 11.8 Å². The SMILES string of the molecule is [B]C1C2C(C)(C)C2(C)C(C)C1(C)C. The van der Waals surface area contributed by atoms with Gasteiger partial charge in [0.15, 0.2) is 0 Å². The summed E-state index contributed by atoms with van der Waals surface area (Å²) in [6.45, 7) is 14.2. The second-order valence-corrected chi connectivity index (χ2v) is 6.55. The Bertz CT molecular complexity index is 250. The molecule has 2 fully saturated rings. The maximum Gasteiger partial charge on any atom is 0.0711 e. The van der Waals surface area contributed by atoms with Crippen molar-refractivity contribution in [1.82, 2.24) is 0 Å². The van der Waals surface area contributed by atoms with E-state index in [1.54, 1.807) is 0 Å². The molecule has 0 N–H and O–H groups in total. The molecule has 2 saturated carbocycles. The molecule has 0 aromatic heterocycles. The van der Waals surface area contributed by atoms with Crippen LogP contribution in [0, 0.1) is 28.1 Å². The average molecular weight is 176 g/mol. The van der Waals surface area contributed by atoms with Crippen LogP contribution in [0.15, 0.2) is 0 Å². The zero-order chi connectivity index (χ0) is 10.2. The third-order valence-electron chi connectivity index (χ3n) is 5.96. The van der Waals surface area contributed by atoms with E-state index in [2.05, 4.69) is 41.5 Å². The molecule has 0 heterocycles. The van der Waals surface area contributed by atoms with Gasteiger partial charge in [-0.15, -0.1) is 0 Å². The van der Waals surface area contributed by atoms with E-state index >= 15 is 0 Å². The lowest BCUT2D eigenvalue weighted by Gasteiger charge is -2.38. The van der Waals surface area contributed by atoms with Crippen molar-refractivity contribution in [3.05, 3.63) is 0 Å². The van der Waals surface area contributed by atoms with Crippen molar-refractivity contribution in [3.8, 4) is 0 Å². The maximum atomic E-state index is 6.35. The topological polar surface area (TPSA) is 0 Å². The van der Waals surface area contributed by atoms with Crippen molar-refractivity contribution in [2.75, 3.05) is 0 Å². The van der Waals surface area contributed by atoms with Gasteiger partial charge in [0, 0.05) is 0 Å². The summed E-state index contributed by atoms with van der Waals surface area (Å²) in [6.07, 6.45) is 0. The summed E-state index contributed by atoms with van der Waals surface area (Å²) in [5.41, 5.74) is 1.30. The Morgan fingerprint density at radius 2 is 1.46 bits per heavy atom. The zero-order valence-electron chi connectivity index (χ0n) is 9.81. The van der Waals surface area contributed by atoms with Crippen LogP contribution in [0.4, 0.5) is 0 Å². The monoisotopic (exact) mass is 176 g/mol. The third kappa shape index (κ3) is 0.725. The summed E-state index contributed by atoms with van der Waals surface area (Å²) in [7, 11) is 6.35. The highest BCUT2D eigenvalue weighted by Crippen LogP contribution is 2.85. The third-order valence-corrected chi connectivity index (χ3v) is 5.96.